The molecule has 1 aliphatic heterocycles. The zero-order valence-electron chi connectivity index (χ0n) is 8.43. The summed E-state index contributed by atoms with van der Waals surface area (Å²) >= 11 is 1.36. The summed E-state index contributed by atoms with van der Waals surface area (Å²) in [6, 6.07) is 2.59. The van der Waals surface area contributed by atoms with E-state index in [4.69, 9.17) is 0 Å². The summed E-state index contributed by atoms with van der Waals surface area (Å²) < 4.78 is 1.62. The zero-order valence-corrected chi connectivity index (χ0v) is 9.25. The summed E-state index contributed by atoms with van der Waals surface area (Å²) in [4.78, 5) is 11.0. The Labute approximate surface area is 91.6 Å². The van der Waals surface area contributed by atoms with Crippen LogP contribution in [-0.4, -0.2) is 16.3 Å². The first-order chi connectivity index (χ1) is 7.02. The molecular formula is C10H11NO3S. The van der Waals surface area contributed by atoms with Crippen LogP contribution in [0.1, 0.15) is 18.7 Å². The number of aliphatic carboxylic acids is 1. The van der Waals surface area contributed by atoms with Gasteiger partial charge in [0.2, 0.25) is 6.04 Å². The van der Waals surface area contributed by atoms with Crippen molar-refractivity contribution in [2.24, 2.45) is 0 Å². The largest absolute Gasteiger partial charge is 0.543 e. The van der Waals surface area contributed by atoms with Crippen LogP contribution in [-0.2, 0) is 4.79 Å². The van der Waals surface area contributed by atoms with E-state index in [-0.39, 0.29) is 11.0 Å². The first-order valence-electron chi connectivity index (χ1n) is 4.64. The number of thioether (sulfide) groups is 1. The Kier molecular flexibility index (Phi) is 2.34. The van der Waals surface area contributed by atoms with E-state index in [1.54, 1.807) is 16.7 Å². The van der Waals surface area contributed by atoms with Crippen molar-refractivity contribution in [3.8, 4) is 5.75 Å². The number of hydrogen-bond donors (Lipinski definition) is 1. The number of hydrogen-bond acceptors (Lipinski definition) is 4. The monoisotopic (exact) mass is 225 g/mol. The summed E-state index contributed by atoms with van der Waals surface area (Å²) in [5, 5.41) is 21.1. The molecule has 1 aromatic heterocycles. The van der Waals surface area contributed by atoms with E-state index >= 15 is 0 Å². The minimum absolute atomic E-state index is 0.123. The molecule has 2 heterocycles. The Balaban J connectivity index is 2.62. The first kappa shape index (κ1) is 10.3. The van der Waals surface area contributed by atoms with Gasteiger partial charge in [-0.3, -0.25) is 0 Å². The van der Waals surface area contributed by atoms with Crippen LogP contribution in [0, 0.1) is 6.92 Å². The number of aromatic nitrogens is 1. The Hall–Kier alpha value is -1.23. The normalized spacial score (nSPS) is 23.9. The number of pyridine rings is 1. The Morgan fingerprint density at radius 2 is 2.27 bits per heavy atom. The molecule has 1 aliphatic rings. The third kappa shape index (κ3) is 1.47. The van der Waals surface area contributed by atoms with E-state index in [2.05, 4.69) is 0 Å². The molecule has 2 atom stereocenters. The molecule has 0 saturated carbocycles. The average molecular weight is 225 g/mol. The molecule has 0 aromatic carbocycles. The molecule has 1 aromatic rings. The maximum absolute atomic E-state index is 11.0. The molecule has 4 nitrogen and oxygen atoms in total. The maximum atomic E-state index is 11.0. The number of carboxylic acids is 1. The maximum Gasteiger partial charge on any atom is 0.283 e. The quantitative estimate of drug-likeness (QED) is 0.671. The van der Waals surface area contributed by atoms with Crippen molar-refractivity contribution < 1.29 is 19.6 Å². The van der Waals surface area contributed by atoms with Gasteiger partial charge >= 0.3 is 0 Å². The van der Waals surface area contributed by atoms with E-state index in [1.165, 1.54) is 11.8 Å². The van der Waals surface area contributed by atoms with E-state index < -0.39 is 12.0 Å². The molecule has 2 rings (SSSR count). The van der Waals surface area contributed by atoms with E-state index in [1.807, 2.05) is 13.8 Å². The van der Waals surface area contributed by atoms with Crippen molar-refractivity contribution in [1.29, 1.82) is 0 Å². The number of nitrogens with zero attached hydrogens (tertiary/aromatic N) is 1. The van der Waals surface area contributed by atoms with Crippen LogP contribution >= 0.6 is 11.8 Å². The first-order valence-corrected chi connectivity index (χ1v) is 5.52. The molecule has 0 amide bonds. The van der Waals surface area contributed by atoms with Gasteiger partial charge in [-0.2, -0.15) is 4.57 Å². The van der Waals surface area contributed by atoms with Gasteiger partial charge in [-0.25, -0.2) is 0 Å². The average Bonchev–Trinajstić information content (AvgIpc) is 2.50. The highest BCUT2D eigenvalue weighted by Gasteiger charge is 2.42. The van der Waals surface area contributed by atoms with Crippen molar-refractivity contribution >= 4 is 17.7 Å². The predicted molar refractivity (Wildman–Crippen MR) is 52.4 cm³/mol. The van der Waals surface area contributed by atoms with Crippen LogP contribution in [0.25, 0.3) is 0 Å². The van der Waals surface area contributed by atoms with E-state index in [9.17, 15) is 15.0 Å². The standard InChI is InChI=1S/C10H11NO3S/c1-5-3-4-7(12)9-11(5)8(10(13)14)6(2)15-9/h3-4,6,8H,1-2H3,(H-,12,13,14)/t6-,8+/m0/s1. The number of carbonyl (C=O) groups excluding carboxylic acids is 1. The van der Waals surface area contributed by atoms with E-state index in [0.717, 1.165) is 5.69 Å². The fraction of sp³-hybridized carbons (Fsp3) is 0.400. The molecule has 0 aliphatic carbocycles. The second kappa shape index (κ2) is 3.41. The molecule has 1 N–H and O–H groups in total. The molecule has 15 heavy (non-hydrogen) atoms. The number of carbonyl (C=O) groups is 1. The van der Waals surface area contributed by atoms with Crippen LogP contribution < -0.4 is 9.67 Å². The van der Waals surface area contributed by atoms with Gasteiger partial charge in [0, 0.05) is 13.0 Å². The molecule has 5 heteroatoms. The van der Waals surface area contributed by atoms with Gasteiger partial charge in [0.05, 0.1) is 5.25 Å². The lowest BCUT2D eigenvalue weighted by Crippen LogP contribution is -2.52. The Bertz CT molecular complexity index is 433. The SMILES string of the molecule is Cc1ccc(O)c2[n+]1[C@@H](C(=O)[O-])[C@H](C)S2. The Morgan fingerprint density at radius 3 is 2.87 bits per heavy atom. The van der Waals surface area contributed by atoms with Gasteiger partial charge in [-0.1, -0.05) is 0 Å². The molecule has 0 bridgehead atoms. The smallest absolute Gasteiger partial charge is 0.283 e. The minimum Gasteiger partial charge on any atom is -0.543 e. The highest BCUT2D eigenvalue weighted by Crippen LogP contribution is 2.38. The third-order valence-corrected chi connectivity index (χ3v) is 3.82. The summed E-state index contributed by atoms with van der Waals surface area (Å²) in [6.45, 7) is 3.63. The third-order valence-electron chi connectivity index (χ3n) is 2.56. The second-order valence-electron chi connectivity index (χ2n) is 3.62. The van der Waals surface area contributed by atoms with Gasteiger partial charge in [-0.05, 0) is 24.8 Å². The van der Waals surface area contributed by atoms with Crippen molar-refractivity contribution in [2.75, 3.05) is 0 Å². The van der Waals surface area contributed by atoms with Crippen LogP contribution in [0.5, 0.6) is 5.75 Å². The van der Waals surface area contributed by atoms with Crippen LogP contribution in [0.4, 0.5) is 0 Å². The zero-order chi connectivity index (χ0) is 11.2. The molecule has 0 radical (unpaired) electrons. The second-order valence-corrected chi connectivity index (χ2v) is 4.99. The number of aromatic hydroxyl groups is 1. The van der Waals surface area contributed by atoms with Crippen molar-refractivity contribution in [3.05, 3.63) is 17.8 Å². The summed E-state index contributed by atoms with van der Waals surface area (Å²) in [6.07, 6.45) is 0. The van der Waals surface area contributed by atoms with Gasteiger partial charge in [0.25, 0.3) is 5.03 Å². The van der Waals surface area contributed by atoms with Gasteiger partial charge in [-0.15, -0.1) is 0 Å². The highest BCUT2D eigenvalue weighted by molar-refractivity contribution is 8.00. The van der Waals surface area contributed by atoms with Crippen LogP contribution in [0.3, 0.4) is 0 Å². The van der Waals surface area contributed by atoms with Gasteiger partial charge in [0.15, 0.2) is 11.4 Å². The minimum atomic E-state index is -1.10. The van der Waals surface area contributed by atoms with Crippen LogP contribution in [0.2, 0.25) is 0 Å². The summed E-state index contributed by atoms with van der Waals surface area (Å²) in [7, 11) is 0. The molecule has 80 valence electrons. The summed E-state index contributed by atoms with van der Waals surface area (Å²) in [5.74, 6) is -0.978. The lowest BCUT2D eigenvalue weighted by Gasteiger charge is -2.12. The highest BCUT2D eigenvalue weighted by atomic mass is 32.2. The molecule has 0 spiro atoms. The molecule has 0 unspecified atom stereocenters. The lowest BCUT2D eigenvalue weighted by atomic mass is 10.2. The molecule has 0 saturated heterocycles. The van der Waals surface area contributed by atoms with Gasteiger partial charge < -0.3 is 15.0 Å². The number of fused-ring (bicyclic) bond motifs is 1. The van der Waals surface area contributed by atoms with E-state index in [0.29, 0.717) is 5.03 Å². The van der Waals surface area contributed by atoms with Crippen LogP contribution in [0.15, 0.2) is 17.2 Å². The number of carboxylic acid groups (broad SMARTS) is 1. The topological polar surface area (TPSA) is 64.2 Å². The van der Waals surface area contributed by atoms with Crippen molar-refractivity contribution in [3.63, 3.8) is 0 Å². The van der Waals surface area contributed by atoms with Crippen molar-refractivity contribution in [1.82, 2.24) is 0 Å². The van der Waals surface area contributed by atoms with Gasteiger partial charge in [0.1, 0.15) is 5.97 Å². The summed E-state index contributed by atoms with van der Waals surface area (Å²) in [5.41, 5.74) is 0.814. The molecular weight excluding hydrogens is 214 g/mol. The Morgan fingerprint density at radius 1 is 1.60 bits per heavy atom. The number of rotatable bonds is 1. The number of aryl methyl sites for hydroxylation is 1. The lowest BCUT2D eigenvalue weighted by molar-refractivity contribution is -0.748. The fourth-order valence-electron chi connectivity index (χ4n) is 1.85. The predicted octanol–water partition coefficient (Wildman–Crippen LogP) is -0.227. The van der Waals surface area contributed by atoms with Crippen molar-refractivity contribution in [2.45, 2.75) is 30.2 Å². The molecule has 0 fully saturated rings. The fourth-order valence-corrected chi connectivity index (χ4v) is 3.12.